The average molecular weight is 331 g/mol. The largest absolute Gasteiger partial charge is 0.391 e. The number of carbonyl (C=O) groups is 2. The quantitative estimate of drug-likeness (QED) is 0.794. The highest BCUT2D eigenvalue weighted by Gasteiger charge is 2.28. The zero-order valence-electron chi connectivity index (χ0n) is 14.2. The summed E-state index contributed by atoms with van der Waals surface area (Å²) in [5.74, 6) is -0.102. The van der Waals surface area contributed by atoms with Crippen LogP contribution in [0.25, 0.3) is 0 Å². The van der Waals surface area contributed by atoms with Gasteiger partial charge in [-0.25, -0.2) is 4.79 Å². The van der Waals surface area contributed by atoms with Crippen molar-refractivity contribution in [2.75, 3.05) is 11.9 Å². The topological polar surface area (TPSA) is 81.7 Å². The van der Waals surface area contributed by atoms with Gasteiger partial charge in [0.05, 0.1) is 6.10 Å². The highest BCUT2D eigenvalue weighted by atomic mass is 16.3. The number of hydrogen-bond acceptors (Lipinski definition) is 3. The number of benzene rings is 1. The van der Waals surface area contributed by atoms with Crippen molar-refractivity contribution in [3.8, 4) is 0 Å². The highest BCUT2D eigenvalue weighted by molar-refractivity contribution is 5.97. The van der Waals surface area contributed by atoms with E-state index in [1.165, 1.54) is 0 Å². The first-order chi connectivity index (χ1) is 11.4. The number of aliphatic hydroxyl groups is 1. The van der Waals surface area contributed by atoms with Gasteiger partial charge in [0.2, 0.25) is 0 Å². The second kappa shape index (κ2) is 6.81. The van der Waals surface area contributed by atoms with Crippen molar-refractivity contribution in [1.82, 2.24) is 10.2 Å². The van der Waals surface area contributed by atoms with E-state index in [0.717, 1.165) is 31.2 Å². The van der Waals surface area contributed by atoms with Crippen molar-refractivity contribution in [2.45, 2.75) is 57.7 Å². The fourth-order valence-corrected chi connectivity index (χ4v) is 2.95. The van der Waals surface area contributed by atoms with E-state index in [2.05, 4.69) is 10.6 Å². The minimum Gasteiger partial charge on any atom is -0.391 e. The summed E-state index contributed by atoms with van der Waals surface area (Å²) in [7, 11) is 0. The maximum atomic E-state index is 12.5. The molecule has 2 fully saturated rings. The van der Waals surface area contributed by atoms with E-state index >= 15 is 0 Å². The molecule has 130 valence electrons. The van der Waals surface area contributed by atoms with E-state index in [1.807, 2.05) is 19.9 Å². The Balaban J connectivity index is 1.71. The number of rotatable bonds is 3. The number of anilines is 1. The summed E-state index contributed by atoms with van der Waals surface area (Å²) in [6.07, 6.45) is 3.12. The summed E-state index contributed by atoms with van der Waals surface area (Å²) in [6, 6.07) is 5.49. The first-order valence-electron chi connectivity index (χ1n) is 8.61. The molecule has 1 saturated carbocycles. The summed E-state index contributed by atoms with van der Waals surface area (Å²) in [5.41, 5.74) is 2.08. The molecule has 0 bridgehead atoms. The van der Waals surface area contributed by atoms with Gasteiger partial charge in [-0.15, -0.1) is 0 Å². The van der Waals surface area contributed by atoms with Crippen LogP contribution in [0.3, 0.4) is 0 Å². The number of piperidine rings is 1. The molecule has 2 atom stereocenters. The van der Waals surface area contributed by atoms with Gasteiger partial charge in [-0.05, 0) is 57.2 Å². The van der Waals surface area contributed by atoms with Gasteiger partial charge < -0.3 is 20.6 Å². The molecule has 6 nitrogen and oxygen atoms in total. The Hall–Kier alpha value is -2.08. The lowest BCUT2D eigenvalue weighted by atomic mass is 10.0. The molecule has 1 aromatic rings. The molecule has 1 saturated heterocycles. The number of nitrogens with one attached hydrogen (secondary N) is 2. The number of urea groups is 1. The first-order valence-corrected chi connectivity index (χ1v) is 8.61. The minimum absolute atomic E-state index is 0.0926. The van der Waals surface area contributed by atoms with Crippen LogP contribution in [-0.2, 0) is 0 Å². The van der Waals surface area contributed by atoms with Crippen molar-refractivity contribution >= 4 is 17.6 Å². The number of aliphatic hydroxyl groups excluding tert-OH is 1. The molecule has 3 amide bonds. The lowest BCUT2D eigenvalue weighted by Gasteiger charge is -2.36. The van der Waals surface area contributed by atoms with Crippen LogP contribution in [0.15, 0.2) is 18.2 Å². The van der Waals surface area contributed by atoms with Crippen LogP contribution in [0.5, 0.6) is 0 Å². The van der Waals surface area contributed by atoms with Gasteiger partial charge in [0.1, 0.15) is 0 Å². The Morgan fingerprint density at radius 2 is 1.96 bits per heavy atom. The molecular weight excluding hydrogens is 306 g/mol. The van der Waals surface area contributed by atoms with Crippen LogP contribution in [0, 0.1) is 6.92 Å². The van der Waals surface area contributed by atoms with Gasteiger partial charge >= 0.3 is 6.03 Å². The summed E-state index contributed by atoms with van der Waals surface area (Å²) < 4.78 is 0. The van der Waals surface area contributed by atoms with Crippen LogP contribution < -0.4 is 10.6 Å². The molecule has 3 N–H and O–H groups in total. The van der Waals surface area contributed by atoms with E-state index in [9.17, 15) is 14.7 Å². The molecular formula is C18H25N3O3. The second-order valence-corrected chi connectivity index (χ2v) is 6.94. The van der Waals surface area contributed by atoms with Crippen LogP contribution >= 0.6 is 0 Å². The molecule has 1 aliphatic carbocycles. The summed E-state index contributed by atoms with van der Waals surface area (Å²) in [6.45, 7) is 4.22. The van der Waals surface area contributed by atoms with Crippen molar-refractivity contribution in [1.29, 1.82) is 0 Å². The van der Waals surface area contributed by atoms with Crippen LogP contribution in [0.4, 0.5) is 10.5 Å². The SMILES string of the molecule is Cc1ccc(C(=O)NC2CC2)cc1NC(=O)N1C[C@H](O)CC[C@H]1C. The van der Waals surface area contributed by atoms with E-state index in [-0.39, 0.29) is 18.0 Å². The zero-order valence-corrected chi connectivity index (χ0v) is 14.2. The molecule has 1 heterocycles. The minimum atomic E-state index is -0.469. The monoisotopic (exact) mass is 331 g/mol. The fourth-order valence-electron chi connectivity index (χ4n) is 2.95. The molecule has 0 radical (unpaired) electrons. The normalized spacial score (nSPS) is 23.7. The van der Waals surface area contributed by atoms with Gasteiger partial charge in [-0.3, -0.25) is 4.79 Å². The Kier molecular flexibility index (Phi) is 4.76. The van der Waals surface area contributed by atoms with Gasteiger partial charge in [-0.2, -0.15) is 0 Å². The Labute approximate surface area is 142 Å². The summed E-state index contributed by atoms with van der Waals surface area (Å²) in [4.78, 5) is 26.4. The molecule has 24 heavy (non-hydrogen) atoms. The number of nitrogens with zero attached hydrogens (tertiary/aromatic N) is 1. The predicted octanol–water partition coefficient (Wildman–Crippen LogP) is 2.26. The lowest BCUT2D eigenvalue weighted by Crippen LogP contribution is -2.49. The van der Waals surface area contributed by atoms with Crippen LogP contribution in [-0.4, -0.2) is 46.7 Å². The Bertz CT molecular complexity index is 642. The third kappa shape index (κ3) is 3.87. The highest BCUT2D eigenvalue weighted by Crippen LogP contribution is 2.23. The second-order valence-electron chi connectivity index (χ2n) is 6.94. The van der Waals surface area contributed by atoms with Crippen molar-refractivity contribution in [3.05, 3.63) is 29.3 Å². The standard InChI is InChI=1S/C18H25N3O3/c1-11-3-5-13(17(23)19-14-6-7-14)9-16(11)20-18(24)21-10-15(22)8-4-12(21)2/h3,5,9,12,14-15,22H,4,6-8,10H2,1-2H3,(H,19,23)(H,20,24)/t12-,15-/m1/s1. The van der Waals surface area contributed by atoms with E-state index in [0.29, 0.717) is 23.8 Å². The van der Waals surface area contributed by atoms with Gasteiger partial charge in [0.25, 0.3) is 5.91 Å². The van der Waals surface area contributed by atoms with Crippen molar-refractivity contribution < 1.29 is 14.7 Å². The number of likely N-dealkylation sites (tertiary alicyclic amines) is 1. The average Bonchev–Trinajstić information content (AvgIpc) is 3.35. The third-order valence-electron chi connectivity index (χ3n) is 4.77. The molecule has 2 aliphatic rings. The van der Waals surface area contributed by atoms with Crippen LogP contribution in [0.2, 0.25) is 0 Å². The van der Waals surface area contributed by atoms with Crippen molar-refractivity contribution in [3.63, 3.8) is 0 Å². The van der Waals surface area contributed by atoms with E-state index in [4.69, 9.17) is 0 Å². The number of β-amino-alcohol motifs (C(OH)–C–C–N with tert-alkyl or cyclic N) is 1. The summed E-state index contributed by atoms with van der Waals surface area (Å²) >= 11 is 0. The fraction of sp³-hybridized carbons (Fsp3) is 0.556. The molecule has 0 spiro atoms. The summed E-state index contributed by atoms with van der Waals surface area (Å²) in [5, 5.41) is 15.6. The molecule has 6 heteroatoms. The number of hydrogen-bond donors (Lipinski definition) is 3. The lowest BCUT2D eigenvalue weighted by molar-refractivity contribution is 0.0640. The maximum absolute atomic E-state index is 12.5. The molecule has 3 rings (SSSR count). The van der Waals surface area contributed by atoms with Crippen molar-refractivity contribution in [2.24, 2.45) is 0 Å². The predicted molar refractivity (Wildman–Crippen MR) is 92.1 cm³/mol. The van der Waals surface area contributed by atoms with Crippen LogP contribution in [0.1, 0.15) is 48.5 Å². The number of carbonyl (C=O) groups excluding carboxylic acids is 2. The molecule has 0 aromatic heterocycles. The molecule has 1 aliphatic heterocycles. The number of aryl methyl sites for hydroxylation is 1. The smallest absolute Gasteiger partial charge is 0.322 e. The zero-order chi connectivity index (χ0) is 17.3. The van der Waals surface area contributed by atoms with E-state index < -0.39 is 6.10 Å². The van der Waals surface area contributed by atoms with Gasteiger partial charge in [-0.1, -0.05) is 6.07 Å². The Morgan fingerprint density at radius 3 is 2.67 bits per heavy atom. The van der Waals surface area contributed by atoms with Gasteiger partial charge in [0, 0.05) is 29.9 Å². The first kappa shape index (κ1) is 16.8. The molecule has 1 aromatic carbocycles. The van der Waals surface area contributed by atoms with E-state index in [1.54, 1.807) is 17.0 Å². The molecule has 0 unspecified atom stereocenters. The maximum Gasteiger partial charge on any atom is 0.322 e. The third-order valence-corrected chi connectivity index (χ3v) is 4.77. The Morgan fingerprint density at radius 1 is 1.21 bits per heavy atom. The van der Waals surface area contributed by atoms with Gasteiger partial charge in [0.15, 0.2) is 0 Å². The number of amides is 3.